The van der Waals surface area contributed by atoms with Crippen LogP contribution < -0.4 is 5.32 Å². The maximum absolute atomic E-state index is 12.6. The number of rotatable bonds is 2. The van der Waals surface area contributed by atoms with Crippen LogP contribution in [0.5, 0.6) is 5.75 Å². The van der Waals surface area contributed by atoms with Gasteiger partial charge in [0.2, 0.25) is 5.91 Å². The standard InChI is InChI=1S/C11H11F2NO2/c1-6-2-3-7(4-9(6)15)14-10(16)8-5-11(8,12)13/h2-4,8,15H,5H2,1H3,(H,14,16). The highest BCUT2D eigenvalue weighted by Crippen LogP contribution is 2.49. The van der Waals surface area contributed by atoms with E-state index in [0.717, 1.165) is 0 Å². The lowest BCUT2D eigenvalue weighted by Gasteiger charge is -2.06. The molecule has 1 unspecified atom stereocenters. The lowest BCUT2D eigenvalue weighted by atomic mass is 10.2. The van der Waals surface area contributed by atoms with E-state index in [0.29, 0.717) is 11.3 Å². The Morgan fingerprint density at radius 1 is 1.56 bits per heavy atom. The summed E-state index contributed by atoms with van der Waals surface area (Å²) in [5, 5.41) is 11.7. The fourth-order valence-corrected chi connectivity index (χ4v) is 1.41. The van der Waals surface area contributed by atoms with E-state index in [-0.39, 0.29) is 5.75 Å². The molecule has 0 heterocycles. The topological polar surface area (TPSA) is 49.3 Å². The molecule has 5 heteroatoms. The Balaban J connectivity index is 2.05. The summed E-state index contributed by atoms with van der Waals surface area (Å²) in [5.74, 6) is -4.76. The van der Waals surface area contributed by atoms with E-state index in [4.69, 9.17) is 0 Å². The third kappa shape index (κ3) is 1.98. The van der Waals surface area contributed by atoms with Gasteiger partial charge in [-0.05, 0) is 18.6 Å². The smallest absolute Gasteiger partial charge is 0.260 e. The Bertz CT molecular complexity index is 446. The number of alkyl halides is 2. The zero-order valence-corrected chi connectivity index (χ0v) is 8.63. The number of benzene rings is 1. The summed E-state index contributed by atoms with van der Waals surface area (Å²) >= 11 is 0. The van der Waals surface area contributed by atoms with Crippen LogP contribution in [0.4, 0.5) is 14.5 Å². The van der Waals surface area contributed by atoms with Crippen molar-refractivity contribution in [2.75, 3.05) is 5.32 Å². The first-order chi connectivity index (χ1) is 7.40. The third-order valence-electron chi connectivity index (χ3n) is 2.62. The molecule has 3 nitrogen and oxygen atoms in total. The molecule has 0 saturated heterocycles. The molecule has 0 spiro atoms. The number of halogens is 2. The first kappa shape index (κ1) is 10.9. The minimum Gasteiger partial charge on any atom is -0.508 e. The average Bonchev–Trinajstić information content (AvgIpc) is 2.82. The van der Waals surface area contributed by atoms with Crippen LogP contribution in [0.3, 0.4) is 0 Å². The Morgan fingerprint density at radius 2 is 2.19 bits per heavy atom. The zero-order valence-electron chi connectivity index (χ0n) is 8.63. The molecule has 1 aromatic carbocycles. The molecule has 1 fully saturated rings. The first-order valence-corrected chi connectivity index (χ1v) is 4.88. The van der Waals surface area contributed by atoms with Crippen LogP contribution in [0.15, 0.2) is 18.2 Å². The molecule has 1 saturated carbocycles. The minimum absolute atomic E-state index is 0.0281. The van der Waals surface area contributed by atoms with Gasteiger partial charge < -0.3 is 10.4 Å². The number of nitrogens with one attached hydrogen (secondary N) is 1. The summed E-state index contributed by atoms with van der Waals surface area (Å²) in [5.41, 5.74) is 0.991. The van der Waals surface area contributed by atoms with Gasteiger partial charge in [-0.15, -0.1) is 0 Å². The van der Waals surface area contributed by atoms with Gasteiger partial charge in [0.15, 0.2) is 0 Å². The average molecular weight is 227 g/mol. The third-order valence-corrected chi connectivity index (χ3v) is 2.62. The van der Waals surface area contributed by atoms with Gasteiger partial charge in [0.1, 0.15) is 11.7 Å². The monoisotopic (exact) mass is 227 g/mol. The van der Waals surface area contributed by atoms with Gasteiger partial charge in [0.25, 0.3) is 5.92 Å². The zero-order chi connectivity index (χ0) is 11.9. The van der Waals surface area contributed by atoms with E-state index in [1.54, 1.807) is 19.1 Å². The molecular formula is C11H11F2NO2. The summed E-state index contributed by atoms with van der Waals surface area (Å²) in [4.78, 5) is 11.3. The van der Waals surface area contributed by atoms with Gasteiger partial charge in [-0.25, -0.2) is 8.78 Å². The van der Waals surface area contributed by atoms with Gasteiger partial charge in [-0.2, -0.15) is 0 Å². The predicted molar refractivity (Wildman–Crippen MR) is 54.5 cm³/mol. The number of phenolic OH excluding ortho intramolecular Hbond substituents is 1. The Labute approximate surface area is 91.1 Å². The van der Waals surface area contributed by atoms with Crippen molar-refractivity contribution in [3.05, 3.63) is 23.8 Å². The maximum Gasteiger partial charge on any atom is 0.260 e. The maximum atomic E-state index is 12.6. The van der Waals surface area contributed by atoms with Crippen molar-refractivity contribution in [3.8, 4) is 5.75 Å². The van der Waals surface area contributed by atoms with Crippen molar-refractivity contribution in [3.63, 3.8) is 0 Å². The lowest BCUT2D eigenvalue weighted by molar-refractivity contribution is -0.119. The molecule has 1 amide bonds. The van der Waals surface area contributed by atoms with E-state index in [9.17, 15) is 18.7 Å². The number of anilines is 1. The van der Waals surface area contributed by atoms with Crippen LogP contribution in [-0.4, -0.2) is 16.9 Å². The largest absolute Gasteiger partial charge is 0.508 e. The highest BCUT2D eigenvalue weighted by atomic mass is 19.3. The number of carbonyl (C=O) groups excluding carboxylic acids is 1. The Kier molecular flexibility index (Phi) is 2.33. The normalized spacial score (nSPS) is 21.6. The van der Waals surface area contributed by atoms with Crippen LogP contribution in [0, 0.1) is 12.8 Å². The molecule has 1 aliphatic rings. The van der Waals surface area contributed by atoms with Crippen molar-refractivity contribution in [2.24, 2.45) is 5.92 Å². The van der Waals surface area contributed by atoms with Crippen molar-refractivity contribution >= 4 is 11.6 Å². The van der Waals surface area contributed by atoms with Crippen molar-refractivity contribution in [2.45, 2.75) is 19.3 Å². The number of phenols is 1. The molecule has 1 aliphatic carbocycles. The molecule has 16 heavy (non-hydrogen) atoms. The summed E-state index contributed by atoms with van der Waals surface area (Å²) in [6.45, 7) is 1.70. The summed E-state index contributed by atoms with van der Waals surface area (Å²) in [6, 6.07) is 4.51. The first-order valence-electron chi connectivity index (χ1n) is 4.88. The quantitative estimate of drug-likeness (QED) is 0.814. The number of hydrogen-bond donors (Lipinski definition) is 2. The molecule has 2 rings (SSSR count). The second-order valence-electron chi connectivity index (χ2n) is 4.01. The Hall–Kier alpha value is -1.65. The highest BCUT2D eigenvalue weighted by Gasteiger charge is 2.61. The summed E-state index contributed by atoms with van der Waals surface area (Å²) < 4.78 is 25.2. The van der Waals surface area contributed by atoms with Gasteiger partial charge in [0, 0.05) is 18.2 Å². The molecule has 2 N–H and O–H groups in total. The summed E-state index contributed by atoms with van der Waals surface area (Å²) in [7, 11) is 0. The van der Waals surface area contributed by atoms with Crippen LogP contribution in [0.25, 0.3) is 0 Å². The van der Waals surface area contributed by atoms with E-state index < -0.39 is 24.2 Å². The second-order valence-corrected chi connectivity index (χ2v) is 4.01. The van der Waals surface area contributed by atoms with Crippen LogP contribution in [0.2, 0.25) is 0 Å². The fourth-order valence-electron chi connectivity index (χ4n) is 1.41. The number of aryl methyl sites for hydroxylation is 1. The second kappa shape index (κ2) is 3.43. The fraction of sp³-hybridized carbons (Fsp3) is 0.364. The molecule has 1 atom stereocenters. The van der Waals surface area contributed by atoms with Gasteiger partial charge in [-0.1, -0.05) is 6.07 Å². The molecule has 1 aromatic rings. The van der Waals surface area contributed by atoms with E-state index in [1.165, 1.54) is 6.07 Å². The van der Waals surface area contributed by atoms with Crippen LogP contribution in [0.1, 0.15) is 12.0 Å². The molecule has 0 bridgehead atoms. The SMILES string of the molecule is Cc1ccc(NC(=O)C2CC2(F)F)cc1O. The van der Waals surface area contributed by atoms with E-state index >= 15 is 0 Å². The number of amides is 1. The highest BCUT2D eigenvalue weighted by molar-refractivity contribution is 5.95. The van der Waals surface area contributed by atoms with Gasteiger partial charge in [0.05, 0.1) is 0 Å². The van der Waals surface area contributed by atoms with Gasteiger partial charge in [-0.3, -0.25) is 4.79 Å². The molecular weight excluding hydrogens is 216 g/mol. The van der Waals surface area contributed by atoms with Gasteiger partial charge >= 0.3 is 0 Å². The van der Waals surface area contributed by atoms with Crippen LogP contribution in [-0.2, 0) is 4.79 Å². The molecule has 0 aliphatic heterocycles. The van der Waals surface area contributed by atoms with Crippen molar-refractivity contribution in [1.29, 1.82) is 0 Å². The molecule has 86 valence electrons. The Morgan fingerprint density at radius 3 is 2.69 bits per heavy atom. The minimum atomic E-state index is -2.86. The van der Waals surface area contributed by atoms with E-state index in [1.807, 2.05) is 0 Å². The lowest BCUT2D eigenvalue weighted by Crippen LogP contribution is -2.17. The number of aromatic hydroxyl groups is 1. The van der Waals surface area contributed by atoms with Crippen molar-refractivity contribution < 1.29 is 18.7 Å². The molecule has 0 aromatic heterocycles. The predicted octanol–water partition coefficient (Wildman–Crippen LogP) is 2.29. The summed E-state index contributed by atoms with van der Waals surface area (Å²) in [6.07, 6.45) is -0.392. The van der Waals surface area contributed by atoms with Crippen molar-refractivity contribution in [1.82, 2.24) is 0 Å². The number of hydrogen-bond acceptors (Lipinski definition) is 2. The molecule has 0 radical (unpaired) electrons. The van der Waals surface area contributed by atoms with E-state index in [2.05, 4.69) is 5.32 Å². The number of carbonyl (C=O) groups is 1. The van der Waals surface area contributed by atoms with Crippen LogP contribution >= 0.6 is 0 Å².